The Kier molecular flexibility index (Phi) is 4.05. The maximum atomic E-state index is 12.6. The lowest BCUT2D eigenvalue weighted by molar-refractivity contribution is -0.141. The van der Waals surface area contributed by atoms with Crippen molar-refractivity contribution >= 4 is 23.8 Å². The van der Waals surface area contributed by atoms with E-state index in [0.29, 0.717) is 5.75 Å². The van der Waals surface area contributed by atoms with Crippen molar-refractivity contribution in [2.45, 2.75) is 62.8 Å². The molecule has 3 heterocycles. The monoisotopic (exact) mass is 314 g/mol. The summed E-state index contributed by atoms with van der Waals surface area (Å²) in [5.74, 6) is -0.245. The van der Waals surface area contributed by atoms with Gasteiger partial charge in [0.2, 0.25) is 0 Å². The number of carboxylic acids is 1. The molecule has 5 unspecified atom stereocenters. The number of carboxylic acid groups (broad SMARTS) is 1. The molecule has 6 nitrogen and oxygen atoms in total. The summed E-state index contributed by atoms with van der Waals surface area (Å²) in [7, 11) is 0. The highest BCUT2D eigenvalue weighted by atomic mass is 32.2. The molecule has 2 bridgehead atoms. The molecule has 3 fully saturated rings. The number of hydrogen-bond donors (Lipinski definition) is 2. The zero-order chi connectivity index (χ0) is 15.1. The Hall–Kier alpha value is -0.950. The molecule has 21 heavy (non-hydrogen) atoms. The molecule has 0 spiro atoms. The minimum atomic E-state index is -0.926. The average Bonchev–Trinajstić information content (AvgIpc) is 3.12. The molecule has 0 aromatic carbocycles. The van der Waals surface area contributed by atoms with Crippen LogP contribution in [0.2, 0.25) is 0 Å². The van der Waals surface area contributed by atoms with Crippen molar-refractivity contribution in [2.75, 3.05) is 5.75 Å². The van der Waals surface area contributed by atoms with Gasteiger partial charge in [0.15, 0.2) is 0 Å². The summed E-state index contributed by atoms with van der Waals surface area (Å²) in [4.78, 5) is 25.5. The normalized spacial score (nSPS) is 38.2. The van der Waals surface area contributed by atoms with Crippen LogP contribution in [0, 0.1) is 5.92 Å². The van der Waals surface area contributed by atoms with Crippen LogP contribution in [0.3, 0.4) is 0 Å². The quantitative estimate of drug-likeness (QED) is 0.825. The van der Waals surface area contributed by atoms with Gasteiger partial charge < -0.3 is 15.2 Å². The van der Waals surface area contributed by atoms with Crippen LogP contribution in [-0.4, -0.2) is 57.4 Å². The Bertz CT molecular complexity index is 445. The lowest BCUT2D eigenvalue weighted by Crippen LogP contribution is -2.55. The van der Waals surface area contributed by atoms with E-state index in [1.165, 1.54) is 4.90 Å². The van der Waals surface area contributed by atoms with Crippen LogP contribution in [0.4, 0.5) is 4.79 Å². The topological polar surface area (TPSA) is 78.9 Å². The van der Waals surface area contributed by atoms with Gasteiger partial charge in [0.25, 0.3) is 0 Å². The molecular weight excluding hydrogens is 292 g/mol. The maximum Gasteiger partial charge on any atom is 0.327 e. The number of ether oxygens (including phenoxy) is 1. The predicted molar refractivity (Wildman–Crippen MR) is 79.2 cm³/mol. The fourth-order valence-electron chi connectivity index (χ4n) is 3.51. The predicted octanol–water partition coefficient (Wildman–Crippen LogP) is 1.50. The molecule has 5 atom stereocenters. The largest absolute Gasteiger partial charge is 0.480 e. The first kappa shape index (κ1) is 15.0. The van der Waals surface area contributed by atoms with Crippen molar-refractivity contribution in [3.63, 3.8) is 0 Å². The molecule has 0 aromatic heterocycles. The van der Waals surface area contributed by atoms with Gasteiger partial charge in [-0.3, -0.25) is 4.90 Å². The van der Waals surface area contributed by atoms with Crippen molar-refractivity contribution in [3.8, 4) is 0 Å². The Labute approximate surface area is 128 Å². The third kappa shape index (κ3) is 2.73. The van der Waals surface area contributed by atoms with Crippen LogP contribution >= 0.6 is 11.8 Å². The smallest absolute Gasteiger partial charge is 0.327 e. The maximum absolute atomic E-state index is 12.6. The van der Waals surface area contributed by atoms with Crippen molar-refractivity contribution in [1.82, 2.24) is 10.2 Å². The number of fused-ring (bicyclic) bond motifs is 2. The first-order valence-corrected chi connectivity index (χ1v) is 8.61. The SMILES string of the molecule is CC(C)C1SCC(C(=O)O)N1C(=O)NC1CC2CCC1O2. The lowest BCUT2D eigenvalue weighted by Gasteiger charge is -2.32. The second-order valence-electron chi connectivity index (χ2n) is 6.39. The zero-order valence-electron chi connectivity index (χ0n) is 12.3. The fourth-order valence-corrected chi connectivity index (χ4v) is 4.98. The van der Waals surface area contributed by atoms with Gasteiger partial charge in [-0.2, -0.15) is 0 Å². The van der Waals surface area contributed by atoms with Crippen LogP contribution in [-0.2, 0) is 9.53 Å². The highest BCUT2D eigenvalue weighted by molar-refractivity contribution is 8.00. The second-order valence-corrected chi connectivity index (χ2v) is 7.54. The minimum absolute atomic E-state index is 0.0316. The molecule has 2 amide bonds. The average molecular weight is 314 g/mol. The van der Waals surface area contributed by atoms with Crippen molar-refractivity contribution in [3.05, 3.63) is 0 Å². The van der Waals surface area contributed by atoms with E-state index in [2.05, 4.69) is 5.32 Å². The van der Waals surface area contributed by atoms with Gasteiger partial charge in [-0.15, -0.1) is 11.8 Å². The minimum Gasteiger partial charge on any atom is -0.480 e. The Morgan fingerprint density at radius 3 is 2.67 bits per heavy atom. The molecule has 118 valence electrons. The molecule has 7 heteroatoms. The number of nitrogens with zero attached hydrogens (tertiary/aromatic N) is 1. The van der Waals surface area contributed by atoms with E-state index in [-0.39, 0.29) is 35.6 Å². The van der Waals surface area contributed by atoms with E-state index in [1.54, 1.807) is 11.8 Å². The summed E-state index contributed by atoms with van der Waals surface area (Å²) in [6.45, 7) is 4.03. The van der Waals surface area contributed by atoms with Crippen LogP contribution in [0.1, 0.15) is 33.1 Å². The molecule has 0 radical (unpaired) electrons. The number of urea groups is 1. The Morgan fingerprint density at radius 1 is 1.38 bits per heavy atom. The van der Waals surface area contributed by atoms with Crippen molar-refractivity contribution < 1.29 is 19.4 Å². The van der Waals surface area contributed by atoms with Gasteiger partial charge >= 0.3 is 12.0 Å². The third-order valence-electron chi connectivity index (χ3n) is 4.54. The van der Waals surface area contributed by atoms with E-state index in [0.717, 1.165) is 19.3 Å². The fraction of sp³-hybridized carbons (Fsp3) is 0.857. The summed E-state index contributed by atoms with van der Waals surface area (Å²) in [5.41, 5.74) is 0. The van der Waals surface area contributed by atoms with Gasteiger partial charge in [0.1, 0.15) is 6.04 Å². The number of amides is 2. The molecule has 0 saturated carbocycles. The summed E-state index contributed by atoms with van der Waals surface area (Å²) in [6.07, 6.45) is 3.28. The number of rotatable bonds is 3. The van der Waals surface area contributed by atoms with E-state index in [1.807, 2.05) is 13.8 Å². The van der Waals surface area contributed by atoms with Crippen molar-refractivity contribution in [2.24, 2.45) is 5.92 Å². The molecule has 3 saturated heterocycles. The standard InChI is InChI=1S/C14H22N2O4S/c1-7(2)12-16(10(6-21-12)13(17)18)14(19)15-9-5-8-3-4-11(9)20-8/h7-12H,3-6H2,1-2H3,(H,15,19)(H,17,18). The number of carbonyl (C=O) groups excluding carboxylic acids is 1. The van der Waals surface area contributed by atoms with Gasteiger partial charge in [0, 0.05) is 5.75 Å². The van der Waals surface area contributed by atoms with Gasteiger partial charge in [-0.25, -0.2) is 9.59 Å². The summed E-state index contributed by atoms with van der Waals surface area (Å²) in [6, 6.07) is -0.960. The third-order valence-corrected chi connectivity index (χ3v) is 6.16. The number of nitrogens with one attached hydrogen (secondary N) is 1. The number of aliphatic carboxylic acids is 1. The molecular formula is C14H22N2O4S. The van der Waals surface area contributed by atoms with Crippen LogP contribution in [0.15, 0.2) is 0 Å². The highest BCUT2D eigenvalue weighted by Gasteiger charge is 2.46. The van der Waals surface area contributed by atoms with E-state index < -0.39 is 12.0 Å². The van der Waals surface area contributed by atoms with Crippen molar-refractivity contribution in [1.29, 1.82) is 0 Å². The van der Waals surface area contributed by atoms with E-state index in [4.69, 9.17) is 4.74 Å². The van der Waals surface area contributed by atoms with E-state index >= 15 is 0 Å². The first-order chi connectivity index (χ1) is 9.97. The number of carbonyl (C=O) groups is 2. The molecule has 3 aliphatic rings. The van der Waals surface area contributed by atoms with Crippen LogP contribution < -0.4 is 5.32 Å². The van der Waals surface area contributed by atoms with Gasteiger partial charge in [-0.05, 0) is 25.2 Å². The summed E-state index contributed by atoms with van der Waals surface area (Å²) >= 11 is 1.55. The van der Waals surface area contributed by atoms with Gasteiger partial charge in [0.05, 0.1) is 23.6 Å². The molecule has 2 N–H and O–H groups in total. The summed E-state index contributed by atoms with van der Waals surface area (Å²) in [5, 5.41) is 12.3. The number of thioether (sulfide) groups is 1. The second kappa shape index (κ2) is 5.68. The van der Waals surface area contributed by atoms with Gasteiger partial charge in [-0.1, -0.05) is 13.8 Å². The molecule has 3 rings (SSSR count). The summed E-state index contributed by atoms with van der Waals surface area (Å²) < 4.78 is 5.74. The van der Waals surface area contributed by atoms with E-state index in [9.17, 15) is 14.7 Å². The Balaban J connectivity index is 1.69. The molecule has 0 aromatic rings. The number of hydrogen-bond acceptors (Lipinski definition) is 4. The molecule has 3 aliphatic heterocycles. The van der Waals surface area contributed by atoms with Crippen LogP contribution in [0.5, 0.6) is 0 Å². The molecule has 0 aliphatic carbocycles. The lowest BCUT2D eigenvalue weighted by atomic mass is 9.95. The first-order valence-electron chi connectivity index (χ1n) is 7.56. The van der Waals surface area contributed by atoms with Crippen LogP contribution in [0.25, 0.3) is 0 Å². The highest BCUT2D eigenvalue weighted by Crippen LogP contribution is 2.36. The Morgan fingerprint density at radius 2 is 2.14 bits per heavy atom. The zero-order valence-corrected chi connectivity index (χ0v) is 13.1.